The Kier molecular flexibility index (Phi) is 6.90. The van der Waals surface area contributed by atoms with Crippen molar-refractivity contribution in [2.24, 2.45) is 5.41 Å². The normalized spacial score (nSPS) is 12.0. The van der Waals surface area contributed by atoms with Crippen molar-refractivity contribution in [2.75, 3.05) is 5.32 Å². The summed E-state index contributed by atoms with van der Waals surface area (Å²) >= 11 is 0. The Labute approximate surface area is 182 Å². The number of aliphatic hydroxyl groups is 1. The fourth-order valence-electron chi connectivity index (χ4n) is 3.35. The molecule has 0 radical (unpaired) electrons. The number of hydrogen-bond donors (Lipinski definition) is 2. The number of halogens is 2. The molecule has 1 amide bonds. The zero-order valence-electron chi connectivity index (χ0n) is 17.9. The Morgan fingerprint density at radius 3 is 2.23 bits per heavy atom. The van der Waals surface area contributed by atoms with Gasteiger partial charge in [0.1, 0.15) is 11.3 Å². The van der Waals surface area contributed by atoms with Gasteiger partial charge in [-0.2, -0.15) is 0 Å². The predicted molar refractivity (Wildman–Crippen MR) is 120 cm³/mol. The van der Waals surface area contributed by atoms with Crippen LogP contribution in [-0.4, -0.2) is 26.2 Å². The SMILES string of the molecule is C.CC(C)(C)CC(=O)Nc1nc2ccc(CC(C)(C)O)c(F)c2n1-c1ccc(F)cc1. The molecule has 31 heavy (non-hydrogen) atoms. The van der Waals surface area contributed by atoms with Crippen molar-refractivity contribution >= 4 is 22.9 Å². The van der Waals surface area contributed by atoms with Gasteiger partial charge in [0, 0.05) is 18.5 Å². The number of nitrogens with zero attached hydrogens (tertiary/aromatic N) is 2. The summed E-state index contributed by atoms with van der Waals surface area (Å²) in [5.74, 6) is -1.06. The molecule has 0 bridgehead atoms. The van der Waals surface area contributed by atoms with E-state index in [4.69, 9.17) is 0 Å². The number of amides is 1. The predicted octanol–water partition coefficient (Wildman–Crippen LogP) is 5.63. The maximum atomic E-state index is 15.5. The summed E-state index contributed by atoms with van der Waals surface area (Å²) in [4.78, 5) is 16.9. The largest absolute Gasteiger partial charge is 0.390 e. The van der Waals surface area contributed by atoms with Crippen LogP contribution in [-0.2, 0) is 11.2 Å². The second-order valence-corrected chi connectivity index (χ2v) is 9.43. The first-order chi connectivity index (χ1) is 13.8. The van der Waals surface area contributed by atoms with Gasteiger partial charge in [-0.1, -0.05) is 34.3 Å². The van der Waals surface area contributed by atoms with E-state index in [0.717, 1.165) is 0 Å². The van der Waals surface area contributed by atoms with Gasteiger partial charge < -0.3 is 5.11 Å². The highest BCUT2D eigenvalue weighted by atomic mass is 19.1. The summed E-state index contributed by atoms with van der Waals surface area (Å²) in [6, 6.07) is 8.76. The van der Waals surface area contributed by atoms with Crippen molar-refractivity contribution in [3.05, 3.63) is 53.6 Å². The Morgan fingerprint density at radius 2 is 1.68 bits per heavy atom. The number of anilines is 1. The lowest BCUT2D eigenvalue weighted by atomic mass is 9.92. The van der Waals surface area contributed by atoms with E-state index in [-0.39, 0.29) is 43.1 Å². The maximum absolute atomic E-state index is 15.5. The highest BCUT2D eigenvalue weighted by Gasteiger charge is 2.24. The van der Waals surface area contributed by atoms with Crippen molar-refractivity contribution in [2.45, 2.75) is 60.5 Å². The average molecular weight is 432 g/mol. The average Bonchev–Trinajstić information content (AvgIpc) is 2.94. The van der Waals surface area contributed by atoms with E-state index in [1.807, 2.05) is 20.8 Å². The topological polar surface area (TPSA) is 67.2 Å². The number of fused-ring (bicyclic) bond motifs is 1. The summed E-state index contributed by atoms with van der Waals surface area (Å²) in [6.45, 7) is 9.03. The second kappa shape index (κ2) is 8.75. The molecule has 1 heterocycles. The van der Waals surface area contributed by atoms with E-state index < -0.39 is 17.2 Å². The van der Waals surface area contributed by atoms with E-state index in [1.165, 1.54) is 28.8 Å². The van der Waals surface area contributed by atoms with Crippen LogP contribution in [0.4, 0.5) is 14.7 Å². The van der Waals surface area contributed by atoms with Crippen molar-refractivity contribution in [3.63, 3.8) is 0 Å². The summed E-state index contributed by atoms with van der Waals surface area (Å²) < 4.78 is 30.4. The molecule has 2 aromatic carbocycles. The highest BCUT2D eigenvalue weighted by Crippen LogP contribution is 2.31. The molecule has 0 fully saturated rings. The minimum Gasteiger partial charge on any atom is -0.390 e. The fourth-order valence-corrected chi connectivity index (χ4v) is 3.35. The van der Waals surface area contributed by atoms with Crippen LogP contribution >= 0.6 is 0 Å². The van der Waals surface area contributed by atoms with Gasteiger partial charge in [0.15, 0.2) is 5.82 Å². The van der Waals surface area contributed by atoms with Crippen LogP contribution in [0.2, 0.25) is 0 Å². The van der Waals surface area contributed by atoms with Gasteiger partial charge in [-0.05, 0) is 55.2 Å². The molecule has 0 saturated carbocycles. The summed E-state index contributed by atoms with van der Waals surface area (Å²) in [5.41, 5.74) is -0.0344. The Morgan fingerprint density at radius 1 is 1.06 bits per heavy atom. The molecular weight excluding hydrogens is 400 g/mol. The first kappa shape index (κ1) is 24.5. The molecule has 5 nitrogen and oxygen atoms in total. The number of hydrogen-bond acceptors (Lipinski definition) is 3. The van der Waals surface area contributed by atoms with E-state index in [0.29, 0.717) is 16.8 Å². The summed E-state index contributed by atoms with van der Waals surface area (Å²) in [5, 5.41) is 12.9. The van der Waals surface area contributed by atoms with Crippen LogP contribution < -0.4 is 5.32 Å². The smallest absolute Gasteiger partial charge is 0.227 e. The molecule has 0 atom stereocenters. The lowest BCUT2D eigenvalue weighted by molar-refractivity contribution is -0.117. The molecule has 0 aliphatic carbocycles. The van der Waals surface area contributed by atoms with Crippen LogP contribution in [0.3, 0.4) is 0 Å². The van der Waals surface area contributed by atoms with Gasteiger partial charge in [0.05, 0.1) is 11.1 Å². The van der Waals surface area contributed by atoms with E-state index in [9.17, 15) is 14.3 Å². The Bertz CT molecular complexity index is 1080. The number of carbonyl (C=O) groups is 1. The van der Waals surface area contributed by atoms with Gasteiger partial charge in [-0.15, -0.1) is 0 Å². The van der Waals surface area contributed by atoms with Gasteiger partial charge in [0.25, 0.3) is 0 Å². The molecule has 2 N–H and O–H groups in total. The monoisotopic (exact) mass is 431 g/mol. The van der Waals surface area contributed by atoms with Crippen LogP contribution in [0.25, 0.3) is 16.7 Å². The standard InChI is InChI=1S/C23H27F2N3O2.CH4/c1-22(2,3)13-18(29)27-21-26-17-11-6-14(12-23(4,5)30)19(25)20(17)28(21)16-9-7-15(24)8-10-16;/h6-11,30H,12-13H2,1-5H3,(H,26,27,29);1H4. The van der Waals surface area contributed by atoms with Crippen molar-refractivity contribution < 1.29 is 18.7 Å². The third kappa shape index (κ3) is 5.88. The third-order valence-electron chi connectivity index (χ3n) is 4.49. The first-order valence-electron chi connectivity index (χ1n) is 9.82. The summed E-state index contributed by atoms with van der Waals surface area (Å²) in [7, 11) is 0. The number of nitrogens with one attached hydrogen (secondary N) is 1. The lowest BCUT2D eigenvalue weighted by Gasteiger charge is -2.18. The Balaban J connectivity index is 0.00000341. The molecule has 1 aromatic heterocycles. The van der Waals surface area contributed by atoms with Crippen LogP contribution in [0.15, 0.2) is 36.4 Å². The molecule has 0 unspecified atom stereocenters. The number of imidazole rings is 1. The molecule has 3 rings (SSSR count). The molecule has 0 saturated heterocycles. The van der Waals surface area contributed by atoms with Crippen molar-refractivity contribution in [3.8, 4) is 5.69 Å². The van der Waals surface area contributed by atoms with Gasteiger partial charge >= 0.3 is 0 Å². The van der Waals surface area contributed by atoms with Crippen LogP contribution in [0, 0.1) is 17.0 Å². The zero-order chi connectivity index (χ0) is 22.3. The van der Waals surface area contributed by atoms with E-state index in [2.05, 4.69) is 10.3 Å². The van der Waals surface area contributed by atoms with Gasteiger partial charge in [-0.25, -0.2) is 13.8 Å². The first-order valence-corrected chi connectivity index (χ1v) is 9.82. The second-order valence-electron chi connectivity index (χ2n) is 9.43. The summed E-state index contributed by atoms with van der Waals surface area (Å²) in [6.07, 6.45) is 0.362. The minimum absolute atomic E-state index is 0. The third-order valence-corrected chi connectivity index (χ3v) is 4.49. The van der Waals surface area contributed by atoms with Gasteiger partial charge in [-0.3, -0.25) is 14.7 Å². The van der Waals surface area contributed by atoms with Crippen LogP contribution in [0.5, 0.6) is 0 Å². The molecule has 7 heteroatoms. The molecular formula is C24H31F2N3O2. The van der Waals surface area contributed by atoms with Crippen molar-refractivity contribution in [1.82, 2.24) is 9.55 Å². The number of rotatable bonds is 5. The minimum atomic E-state index is -1.10. The highest BCUT2D eigenvalue weighted by molar-refractivity contribution is 5.93. The zero-order valence-corrected chi connectivity index (χ0v) is 17.9. The molecule has 0 spiro atoms. The molecule has 168 valence electrons. The van der Waals surface area contributed by atoms with Gasteiger partial charge in [0.2, 0.25) is 11.9 Å². The van der Waals surface area contributed by atoms with Crippen LogP contribution in [0.1, 0.15) is 54.0 Å². The molecule has 3 aromatic rings. The van der Waals surface area contributed by atoms with E-state index >= 15 is 4.39 Å². The maximum Gasteiger partial charge on any atom is 0.227 e. The number of carbonyl (C=O) groups excluding carboxylic acids is 1. The number of aromatic nitrogens is 2. The fraction of sp³-hybridized carbons (Fsp3) is 0.417. The lowest BCUT2D eigenvalue weighted by Crippen LogP contribution is -2.22. The molecule has 0 aliphatic heterocycles. The van der Waals surface area contributed by atoms with E-state index in [1.54, 1.807) is 26.0 Å². The number of benzene rings is 2. The molecule has 0 aliphatic rings. The Hall–Kier alpha value is -2.80. The quantitative estimate of drug-likeness (QED) is 0.550. The van der Waals surface area contributed by atoms with Crippen molar-refractivity contribution in [1.29, 1.82) is 0 Å².